The van der Waals surface area contributed by atoms with Gasteiger partial charge in [0.25, 0.3) is 0 Å². The highest BCUT2D eigenvalue weighted by Crippen LogP contribution is 2.32. The second-order valence-corrected chi connectivity index (χ2v) is 6.70. The average molecular weight is 272 g/mol. The molecule has 1 atom stereocenters. The van der Waals surface area contributed by atoms with Crippen molar-refractivity contribution in [3.05, 3.63) is 29.6 Å². The predicted octanol–water partition coefficient (Wildman–Crippen LogP) is 4.27. The van der Waals surface area contributed by atoms with E-state index in [0.29, 0.717) is 6.04 Å². The van der Waals surface area contributed by atoms with E-state index in [1.165, 1.54) is 69.2 Å². The van der Waals surface area contributed by atoms with Crippen LogP contribution in [0.2, 0.25) is 0 Å². The third kappa shape index (κ3) is 3.22. The van der Waals surface area contributed by atoms with Crippen LogP contribution in [-0.4, -0.2) is 11.5 Å². The van der Waals surface area contributed by atoms with Crippen LogP contribution in [0.4, 0.5) is 0 Å². The Morgan fingerprint density at radius 3 is 2.75 bits per heavy atom. The van der Waals surface area contributed by atoms with Crippen molar-refractivity contribution in [2.24, 2.45) is 11.8 Å². The highest BCUT2D eigenvalue weighted by Gasteiger charge is 2.24. The molecule has 1 aromatic rings. The number of nitrogens with zero attached hydrogens (tertiary/aromatic N) is 1. The Kier molecular flexibility index (Phi) is 4.72. The summed E-state index contributed by atoms with van der Waals surface area (Å²) < 4.78 is 0. The molecule has 3 rings (SSSR count). The Morgan fingerprint density at radius 1 is 1.15 bits per heavy atom. The van der Waals surface area contributed by atoms with Crippen molar-refractivity contribution in [3.63, 3.8) is 0 Å². The fourth-order valence-electron chi connectivity index (χ4n) is 3.96. The van der Waals surface area contributed by atoms with E-state index >= 15 is 0 Å². The van der Waals surface area contributed by atoms with Crippen LogP contribution in [0.5, 0.6) is 0 Å². The number of hydrogen-bond donors (Lipinski definition) is 1. The van der Waals surface area contributed by atoms with Gasteiger partial charge in [-0.15, -0.1) is 0 Å². The van der Waals surface area contributed by atoms with E-state index in [2.05, 4.69) is 29.4 Å². The molecule has 20 heavy (non-hydrogen) atoms. The molecule has 0 radical (unpaired) electrons. The molecule has 1 N–H and O–H groups in total. The summed E-state index contributed by atoms with van der Waals surface area (Å²) in [7, 11) is 0. The monoisotopic (exact) mass is 272 g/mol. The maximum absolute atomic E-state index is 4.63. The van der Waals surface area contributed by atoms with Crippen molar-refractivity contribution in [2.45, 2.75) is 64.3 Å². The van der Waals surface area contributed by atoms with Gasteiger partial charge in [0.1, 0.15) is 0 Å². The second kappa shape index (κ2) is 6.71. The second-order valence-electron chi connectivity index (χ2n) is 6.70. The van der Waals surface area contributed by atoms with Gasteiger partial charge in [0.2, 0.25) is 0 Å². The first kappa shape index (κ1) is 14.1. The van der Waals surface area contributed by atoms with Crippen LogP contribution >= 0.6 is 0 Å². The molecule has 0 aliphatic heterocycles. The van der Waals surface area contributed by atoms with Gasteiger partial charge >= 0.3 is 0 Å². The van der Waals surface area contributed by atoms with Crippen molar-refractivity contribution in [1.29, 1.82) is 0 Å². The lowest BCUT2D eigenvalue weighted by Gasteiger charge is -2.31. The SMILES string of the molecule is CCC1CCC(CNC2CCCc3cccnc32)CC1. The van der Waals surface area contributed by atoms with Crippen LogP contribution in [-0.2, 0) is 6.42 Å². The summed E-state index contributed by atoms with van der Waals surface area (Å²) in [6.45, 7) is 3.53. The van der Waals surface area contributed by atoms with E-state index in [1.807, 2.05) is 6.20 Å². The molecule has 110 valence electrons. The number of rotatable bonds is 4. The molecule has 0 spiro atoms. The molecule has 1 unspecified atom stereocenters. The van der Waals surface area contributed by atoms with Crippen LogP contribution in [0, 0.1) is 11.8 Å². The molecule has 2 aliphatic carbocycles. The predicted molar refractivity (Wildman–Crippen MR) is 83.7 cm³/mol. The molecule has 0 bridgehead atoms. The molecular formula is C18H28N2. The number of fused-ring (bicyclic) bond motifs is 1. The van der Waals surface area contributed by atoms with Crippen LogP contribution < -0.4 is 5.32 Å². The normalized spacial score (nSPS) is 29.9. The molecule has 0 saturated heterocycles. The molecule has 0 amide bonds. The zero-order valence-corrected chi connectivity index (χ0v) is 12.8. The Balaban J connectivity index is 1.52. The Hall–Kier alpha value is -0.890. The lowest BCUT2D eigenvalue weighted by Crippen LogP contribution is -2.32. The van der Waals surface area contributed by atoms with Crippen LogP contribution in [0.3, 0.4) is 0 Å². The molecule has 2 aliphatic rings. The van der Waals surface area contributed by atoms with Crippen molar-refractivity contribution in [1.82, 2.24) is 10.3 Å². The molecule has 2 heteroatoms. The van der Waals surface area contributed by atoms with Gasteiger partial charge in [0.05, 0.1) is 5.69 Å². The summed E-state index contributed by atoms with van der Waals surface area (Å²) in [5, 5.41) is 3.82. The first-order chi connectivity index (χ1) is 9.86. The molecule has 1 fully saturated rings. The third-order valence-corrected chi connectivity index (χ3v) is 5.39. The van der Waals surface area contributed by atoms with E-state index in [9.17, 15) is 0 Å². The van der Waals surface area contributed by atoms with Gasteiger partial charge in [0.15, 0.2) is 0 Å². The summed E-state index contributed by atoms with van der Waals surface area (Å²) in [5.41, 5.74) is 2.78. The highest BCUT2D eigenvalue weighted by atomic mass is 14.9. The van der Waals surface area contributed by atoms with E-state index in [-0.39, 0.29) is 0 Å². The smallest absolute Gasteiger partial charge is 0.0605 e. The number of aromatic nitrogens is 1. The van der Waals surface area contributed by atoms with Gasteiger partial charge in [0, 0.05) is 12.2 Å². The maximum atomic E-state index is 4.63. The Labute approximate surface area is 123 Å². The molecule has 2 nitrogen and oxygen atoms in total. The lowest BCUT2D eigenvalue weighted by molar-refractivity contribution is 0.253. The summed E-state index contributed by atoms with van der Waals surface area (Å²) in [4.78, 5) is 4.63. The van der Waals surface area contributed by atoms with Crippen molar-refractivity contribution < 1.29 is 0 Å². The highest BCUT2D eigenvalue weighted by molar-refractivity contribution is 5.25. The van der Waals surface area contributed by atoms with Gasteiger partial charge in [-0.2, -0.15) is 0 Å². The van der Waals surface area contributed by atoms with Crippen LogP contribution in [0.15, 0.2) is 18.3 Å². The first-order valence-electron chi connectivity index (χ1n) is 8.54. The molecule has 0 aromatic carbocycles. The summed E-state index contributed by atoms with van der Waals surface area (Å²) >= 11 is 0. The van der Waals surface area contributed by atoms with Gasteiger partial charge in [-0.3, -0.25) is 4.98 Å². The summed E-state index contributed by atoms with van der Waals surface area (Å²) in [6.07, 6.45) is 12.8. The lowest BCUT2D eigenvalue weighted by atomic mass is 9.80. The van der Waals surface area contributed by atoms with Gasteiger partial charge < -0.3 is 5.32 Å². The largest absolute Gasteiger partial charge is 0.308 e. The zero-order chi connectivity index (χ0) is 13.8. The quantitative estimate of drug-likeness (QED) is 0.885. The van der Waals surface area contributed by atoms with Gasteiger partial charge in [-0.1, -0.05) is 32.3 Å². The fourth-order valence-corrected chi connectivity index (χ4v) is 3.96. The van der Waals surface area contributed by atoms with Crippen LogP contribution in [0.1, 0.15) is 69.2 Å². The molecule has 1 heterocycles. The molecular weight excluding hydrogens is 244 g/mol. The standard InChI is InChI=1S/C18H28N2/c1-2-14-8-10-15(11-9-14)13-20-17-7-3-5-16-6-4-12-19-18(16)17/h4,6,12,14-15,17,20H,2-3,5,7-11,13H2,1H3. The summed E-state index contributed by atoms with van der Waals surface area (Å²) in [5.74, 6) is 1.90. The van der Waals surface area contributed by atoms with E-state index in [1.54, 1.807) is 0 Å². The number of aryl methyl sites for hydroxylation is 1. The van der Waals surface area contributed by atoms with Crippen LogP contribution in [0.25, 0.3) is 0 Å². The van der Waals surface area contributed by atoms with E-state index < -0.39 is 0 Å². The number of nitrogens with one attached hydrogen (secondary N) is 1. The average Bonchev–Trinajstić information content (AvgIpc) is 2.53. The number of pyridine rings is 1. The number of hydrogen-bond acceptors (Lipinski definition) is 2. The zero-order valence-electron chi connectivity index (χ0n) is 12.8. The Morgan fingerprint density at radius 2 is 1.95 bits per heavy atom. The minimum absolute atomic E-state index is 0.504. The van der Waals surface area contributed by atoms with Crippen molar-refractivity contribution in [2.75, 3.05) is 6.54 Å². The van der Waals surface area contributed by atoms with Gasteiger partial charge in [-0.05, 0) is 62.1 Å². The first-order valence-corrected chi connectivity index (χ1v) is 8.54. The maximum Gasteiger partial charge on any atom is 0.0605 e. The minimum Gasteiger partial charge on any atom is -0.308 e. The fraction of sp³-hybridized carbons (Fsp3) is 0.722. The minimum atomic E-state index is 0.504. The Bertz CT molecular complexity index is 421. The van der Waals surface area contributed by atoms with Crippen molar-refractivity contribution >= 4 is 0 Å². The summed E-state index contributed by atoms with van der Waals surface area (Å²) in [6, 6.07) is 4.83. The topological polar surface area (TPSA) is 24.9 Å². The van der Waals surface area contributed by atoms with E-state index in [0.717, 1.165) is 11.8 Å². The van der Waals surface area contributed by atoms with Gasteiger partial charge in [-0.25, -0.2) is 0 Å². The van der Waals surface area contributed by atoms with Crippen molar-refractivity contribution in [3.8, 4) is 0 Å². The molecule has 1 aromatic heterocycles. The van der Waals surface area contributed by atoms with E-state index in [4.69, 9.17) is 0 Å². The third-order valence-electron chi connectivity index (χ3n) is 5.39. The molecule has 1 saturated carbocycles.